The van der Waals surface area contributed by atoms with Crippen molar-refractivity contribution in [2.45, 2.75) is 13.8 Å². The maximum Gasteiger partial charge on any atom is 0.296 e. The fraction of sp³-hybridized carbons (Fsp3) is 0.130. The summed E-state index contributed by atoms with van der Waals surface area (Å²) in [4.78, 5) is 17.6. The number of hydrogen-bond acceptors (Lipinski definition) is 7. The third kappa shape index (κ3) is 3.67. The molecule has 3 aromatic rings. The minimum Gasteiger partial charge on any atom is -0.496 e. The second-order valence-electron chi connectivity index (χ2n) is 6.95. The highest BCUT2D eigenvalue weighted by Crippen LogP contribution is 2.39. The van der Waals surface area contributed by atoms with Crippen molar-refractivity contribution < 1.29 is 9.66 Å². The van der Waals surface area contributed by atoms with E-state index in [1.807, 2.05) is 50.3 Å². The molecule has 0 saturated carbocycles. The van der Waals surface area contributed by atoms with Crippen LogP contribution >= 0.6 is 11.3 Å². The summed E-state index contributed by atoms with van der Waals surface area (Å²) in [6, 6.07) is 14.8. The van der Waals surface area contributed by atoms with E-state index in [1.165, 1.54) is 24.5 Å². The first-order valence-corrected chi connectivity index (χ1v) is 10.2. The summed E-state index contributed by atoms with van der Waals surface area (Å²) in [5.41, 5.74) is 3.95. The summed E-state index contributed by atoms with van der Waals surface area (Å²) in [6.07, 6.45) is 3.71. The van der Waals surface area contributed by atoms with Crippen LogP contribution in [-0.4, -0.2) is 17.0 Å². The van der Waals surface area contributed by atoms with Gasteiger partial charge in [0.1, 0.15) is 22.5 Å². The van der Waals surface area contributed by atoms with Gasteiger partial charge in [-0.25, -0.2) is 4.98 Å². The second-order valence-corrected chi connectivity index (χ2v) is 7.98. The Morgan fingerprint density at radius 1 is 1.19 bits per heavy atom. The number of nitro groups is 1. The third-order valence-corrected chi connectivity index (χ3v) is 6.02. The molecule has 154 valence electrons. The van der Waals surface area contributed by atoms with Gasteiger partial charge in [0.2, 0.25) is 0 Å². The van der Waals surface area contributed by atoms with Gasteiger partial charge in [0, 0.05) is 11.4 Å². The van der Waals surface area contributed by atoms with Crippen molar-refractivity contribution in [1.29, 1.82) is 5.26 Å². The minimum absolute atomic E-state index is 0.0565. The normalized spacial score (nSPS) is 13.5. The van der Waals surface area contributed by atoms with Gasteiger partial charge < -0.3 is 9.64 Å². The first-order valence-electron chi connectivity index (χ1n) is 9.42. The summed E-state index contributed by atoms with van der Waals surface area (Å²) < 4.78 is 6.15. The molecule has 7 nitrogen and oxygen atoms in total. The SMILES string of the molecule is COc1ccc(N2C(C)=CC(=C(C#N)c3nc4ccccc4s3)C=C2C)c([N+](=O)[O-])c1. The molecule has 1 aliphatic rings. The number of allylic oxidation sites excluding steroid dienone is 6. The van der Waals surface area contributed by atoms with E-state index in [0.717, 1.165) is 27.2 Å². The van der Waals surface area contributed by atoms with Gasteiger partial charge in [0.25, 0.3) is 5.69 Å². The Hall–Kier alpha value is -3.96. The van der Waals surface area contributed by atoms with Crippen molar-refractivity contribution in [3.63, 3.8) is 0 Å². The van der Waals surface area contributed by atoms with Gasteiger partial charge in [-0.2, -0.15) is 5.26 Å². The Morgan fingerprint density at radius 3 is 2.52 bits per heavy atom. The summed E-state index contributed by atoms with van der Waals surface area (Å²) >= 11 is 1.47. The largest absolute Gasteiger partial charge is 0.496 e. The quantitative estimate of drug-likeness (QED) is 0.294. The lowest BCUT2D eigenvalue weighted by molar-refractivity contribution is -0.384. The Morgan fingerprint density at radius 2 is 1.90 bits per heavy atom. The number of para-hydroxylation sites is 1. The number of nitro benzene ring substituents is 1. The monoisotopic (exact) mass is 430 g/mol. The van der Waals surface area contributed by atoms with E-state index in [-0.39, 0.29) is 5.69 Å². The summed E-state index contributed by atoms with van der Waals surface area (Å²) in [5, 5.41) is 22.2. The van der Waals surface area contributed by atoms with Crippen molar-refractivity contribution in [2.24, 2.45) is 0 Å². The number of ether oxygens (including phenoxy) is 1. The number of benzene rings is 2. The molecular weight excluding hydrogens is 412 g/mol. The Labute approximate surface area is 183 Å². The molecule has 0 unspecified atom stereocenters. The maximum absolute atomic E-state index is 11.7. The molecule has 0 aliphatic carbocycles. The Balaban J connectivity index is 1.81. The van der Waals surface area contributed by atoms with E-state index in [9.17, 15) is 15.4 Å². The van der Waals surface area contributed by atoms with E-state index in [0.29, 0.717) is 22.0 Å². The summed E-state index contributed by atoms with van der Waals surface area (Å²) in [6.45, 7) is 3.72. The first kappa shape index (κ1) is 20.3. The van der Waals surface area contributed by atoms with Gasteiger partial charge in [0.15, 0.2) is 0 Å². The molecule has 8 heteroatoms. The topological polar surface area (TPSA) is 92.3 Å². The third-order valence-electron chi connectivity index (χ3n) is 4.96. The highest BCUT2D eigenvalue weighted by molar-refractivity contribution is 7.19. The van der Waals surface area contributed by atoms with E-state index < -0.39 is 4.92 Å². The van der Waals surface area contributed by atoms with E-state index in [4.69, 9.17) is 4.74 Å². The standard InChI is InChI=1S/C23H18N4O3S/c1-14-10-16(18(13-24)23-25-19-6-4-5-7-22(19)31-23)11-15(2)26(14)20-9-8-17(30-3)12-21(20)27(28)29/h4-12H,1-3H3. The van der Waals surface area contributed by atoms with Crippen molar-refractivity contribution in [3.8, 4) is 11.8 Å². The molecule has 4 rings (SSSR count). The fourth-order valence-electron chi connectivity index (χ4n) is 3.60. The number of thiazole rings is 1. The number of fused-ring (bicyclic) bond motifs is 1. The number of aromatic nitrogens is 1. The van der Waals surface area contributed by atoms with Crippen LogP contribution in [0.15, 0.2) is 71.6 Å². The lowest BCUT2D eigenvalue weighted by Gasteiger charge is -2.29. The van der Waals surface area contributed by atoms with Gasteiger partial charge in [-0.05, 0) is 55.8 Å². The Kier molecular flexibility index (Phi) is 5.28. The summed E-state index contributed by atoms with van der Waals surface area (Å²) in [7, 11) is 1.47. The summed E-state index contributed by atoms with van der Waals surface area (Å²) in [5.74, 6) is 0.416. The number of nitrogens with zero attached hydrogens (tertiary/aromatic N) is 4. The molecule has 2 aromatic carbocycles. The van der Waals surface area contributed by atoms with Crippen LogP contribution in [0.4, 0.5) is 11.4 Å². The number of methoxy groups -OCH3 is 1. The van der Waals surface area contributed by atoms with Crippen LogP contribution in [0.25, 0.3) is 15.8 Å². The molecule has 31 heavy (non-hydrogen) atoms. The number of anilines is 1. The zero-order chi connectivity index (χ0) is 22.1. The molecule has 0 amide bonds. The number of rotatable bonds is 4. The number of nitriles is 1. The van der Waals surface area contributed by atoms with Crippen LogP contribution in [0.2, 0.25) is 0 Å². The number of hydrogen-bond donors (Lipinski definition) is 0. The van der Waals surface area contributed by atoms with Crippen LogP contribution in [0.5, 0.6) is 5.75 Å². The van der Waals surface area contributed by atoms with E-state index in [2.05, 4.69) is 11.1 Å². The first-order chi connectivity index (χ1) is 14.9. The minimum atomic E-state index is -0.425. The van der Waals surface area contributed by atoms with Crippen LogP contribution in [0.1, 0.15) is 18.9 Å². The molecule has 1 aromatic heterocycles. The predicted octanol–water partition coefficient (Wildman–Crippen LogP) is 5.82. The lowest BCUT2D eigenvalue weighted by atomic mass is 10.0. The molecule has 1 aliphatic heterocycles. The van der Waals surface area contributed by atoms with Crippen LogP contribution in [0, 0.1) is 21.4 Å². The van der Waals surface area contributed by atoms with Crippen LogP contribution in [0.3, 0.4) is 0 Å². The van der Waals surface area contributed by atoms with E-state index in [1.54, 1.807) is 17.0 Å². The molecule has 0 bridgehead atoms. The van der Waals surface area contributed by atoms with Gasteiger partial charge in [-0.3, -0.25) is 10.1 Å². The van der Waals surface area contributed by atoms with Gasteiger partial charge in [-0.15, -0.1) is 11.3 Å². The van der Waals surface area contributed by atoms with Crippen molar-refractivity contribution in [2.75, 3.05) is 12.0 Å². The molecule has 0 spiro atoms. The maximum atomic E-state index is 11.7. The smallest absolute Gasteiger partial charge is 0.296 e. The molecule has 0 N–H and O–H groups in total. The zero-order valence-electron chi connectivity index (χ0n) is 17.1. The van der Waals surface area contributed by atoms with Crippen LogP contribution < -0.4 is 9.64 Å². The van der Waals surface area contributed by atoms with Gasteiger partial charge in [0.05, 0.1) is 33.9 Å². The highest BCUT2D eigenvalue weighted by Gasteiger charge is 2.26. The average Bonchev–Trinajstić information content (AvgIpc) is 3.17. The predicted molar refractivity (Wildman–Crippen MR) is 122 cm³/mol. The molecule has 0 atom stereocenters. The van der Waals surface area contributed by atoms with Crippen molar-refractivity contribution in [3.05, 3.63) is 86.7 Å². The highest BCUT2D eigenvalue weighted by atomic mass is 32.1. The lowest BCUT2D eigenvalue weighted by Crippen LogP contribution is -2.22. The second kappa shape index (κ2) is 8.05. The fourth-order valence-corrected chi connectivity index (χ4v) is 4.59. The van der Waals surface area contributed by atoms with Crippen molar-refractivity contribution in [1.82, 2.24) is 4.98 Å². The van der Waals surface area contributed by atoms with Gasteiger partial charge in [-0.1, -0.05) is 12.1 Å². The van der Waals surface area contributed by atoms with E-state index >= 15 is 0 Å². The zero-order valence-corrected chi connectivity index (χ0v) is 17.9. The molecule has 0 saturated heterocycles. The van der Waals surface area contributed by atoms with Gasteiger partial charge >= 0.3 is 0 Å². The molecule has 0 fully saturated rings. The van der Waals surface area contributed by atoms with Crippen LogP contribution in [-0.2, 0) is 0 Å². The Bertz CT molecular complexity index is 1290. The molecular formula is C23H18N4O3S. The molecule has 2 heterocycles. The molecule has 0 radical (unpaired) electrons. The average molecular weight is 430 g/mol. The van der Waals surface area contributed by atoms with Crippen molar-refractivity contribution >= 4 is 38.5 Å².